The van der Waals surface area contributed by atoms with Crippen molar-refractivity contribution in [3.63, 3.8) is 0 Å². The number of benzene rings is 1. The lowest BCUT2D eigenvalue weighted by atomic mass is 10.1. The molecule has 0 aliphatic carbocycles. The fourth-order valence-corrected chi connectivity index (χ4v) is 1.30. The quantitative estimate of drug-likeness (QED) is 0.557. The molecule has 0 unspecified atom stereocenters. The van der Waals surface area contributed by atoms with Gasteiger partial charge in [-0.25, -0.2) is 4.79 Å². The van der Waals surface area contributed by atoms with Crippen molar-refractivity contribution in [2.45, 2.75) is 47.5 Å². The number of hydrogen-bond donors (Lipinski definition) is 3. The van der Waals surface area contributed by atoms with E-state index >= 15 is 0 Å². The molecule has 1 rings (SSSR count). The van der Waals surface area contributed by atoms with Crippen LogP contribution in [0, 0.1) is 0 Å². The summed E-state index contributed by atoms with van der Waals surface area (Å²) < 4.78 is 0. The van der Waals surface area contributed by atoms with Crippen LogP contribution in [0.25, 0.3) is 0 Å². The highest BCUT2D eigenvalue weighted by Gasteiger charge is 2.03. The summed E-state index contributed by atoms with van der Waals surface area (Å²) in [6.45, 7) is 9.66. The molecular formula is C18H30N2O3. The van der Waals surface area contributed by atoms with Crippen LogP contribution in [0.1, 0.15) is 57.0 Å². The Bertz CT molecular complexity index is 493. The van der Waals surface area contributed by atoms with Crippen LogP contribution in [-0.2, 0) is 6.42 Å². The Morgan fingerprint density at radius 3 is 2.13 bits per heavy atom. The average molecular weight is 322 g/mol. The number of aryl methyl sites for hydroxylation is 1. The van der Waals surface area contributed by atoms with E-state index in [1.807, 2.05) is 13.0 Å². The molecule has 2 amide bonds. The SMILES string of the molecule is C/C=C(\C)O.CCC.CCc1ccc(NC(=O)NC)cc1C=O. The third kappa shape index (κ3) is 12.0. The zero-order chi connectivity index (χ0) is 18.3. The van der Waals surface area contributed by atoms with Gasteiger partial charge in [0.2, 0.25) is 0 Å². The van der Waals surface area contributed by atoms with Gasteiger partial charge in [-0.05, 0) is 38.0 Å². The first-order valence-corrected chi connectivity index (χ1v) is 7.78. The molecule has 0 saturated heterocycles. The number of hydrogen-bond acceptors (Lipinski definition) is 3. The van der Waals surface area contributed by atoms with Gasteiger partial charge < -0.3 is 15.7 Å². The Kier molecular flexibility index (Phi) is 14.6. The maximum Gasteiger partial charge on any atom is 0.318 e. The molecule has 0 radical (unpaired) electrons. The number of aliphatic hydroxyl groups is 1. The average Bonchev–Trinajstić information content (AvgIpc) is 2.55. The Morgan fingerprint density at radius 1 is 1.26 bits per heavy atom. The minimum Gasteiger partial charge on any atom is -0.513 e. The van der Waals surface area contributed by atoms with Crippen molar-refractivity contribution in [3.8, 4) is 0 Å². The van der Waals surface area contributed by atoms with Crippen molar-refractivity contribution in [3.05, 3.63) is 41.2 Å². The third-order valence-electron chi connectivity index (χ3n) is 2.56. The number of aldehydes is 1. The lowest BCUT2D eigenvalue weighted by Crippen LogP contribution is -2.24. The summed E-state index contributed by atoms with van der Waals surface area (Å²) in [6.07, 6.45) is 4.49. The smallest absolute Gasteiger partial charge is 0.318 e. The highest BCUT2D eigenvalue weighted by Crippen LogP contribution is 2.14. The second-order valence-corrected chi connectivity index (χ2v) is 4.73. The van der Waals surface area contributed by atoms with Gasteiger partial charge in [-0.1, -0.05) is 39.3 Å². The number of carbonyl (C=O) groups is 2. The summed E-state index contributed by atoms with van der Waals surface area (Å²) >= 11 is 0. The van der Waals surface area contributed by atoms with Gasteiger partial charge in [0.15, 0.2) is 0 Å². The Hall–Kier alpha value is -2.30. The number of rotatable bonds is 3. The van der Waals surface area contributed by atoms with E-state index < -0.39 is 0 Å². The van der Waals surface area contributed by atoms with Gasteiger partial charge in [0.1, 0.15) is 6.29 Å². The summed E-state index contributed by atoms with van der Waals surface area (Å²) in [7, 11) is 1.54. The Morgan fingerprint density at radius 2 is 1.78 bits per heavy atom. The maximum atomic E-state index is 11.0. The molecule has 0 fully saturated rings. The van der Waals surface area contributed by atoms with Crippen LogP contribution in [-0.4, -0.2) is 24.5 Å². The summed E-state index contributed by atoms with van der Waals surface area (Å²) in [5, 5.41) is 13.3. The van der Waals surface area contributed by atoms with Crippen LogP contribution < -0.4 is 10.6 Å². The lowest BCUT2D eigenvalue weighted by molar-refractivity contribution is 0.112. The molecule has 0 spiro atoms. The van der Waals surface area contributed by atoms with Crippen LogP contribution in [0.15, 0.2) is 30.0 Å². The molecule has 23 heavy (non-hydrogen) atoms. The summed E-state index contributed by atoms with van der Waals surface area (Å²) in [5.41, 5.74) is 2.22. The first-order valence-electron chi connectivity index (χ1n) is 7.78. The molecule has 0 atom stereocenters. The van der Waals surface area contributed by atoms with Gasteiger partial charge in [0, 0.05) is 18.3 Å². The molecule has 0 aliphatic heterocycles. The van der Waals surface area contributed by atoms with Gasteiger partial charge in [-0.15, -0.1) is 0 Å². The number of carbonyl (C=O) groups excluding carboxylic acids is 2. The van der Waals surface area contributed by atoms with E-state index in [-0.39, 0.29) is 6.03 Å². The number of amides is 2. The zero-order valence-corrected chi connectivity index (χ0v) is 15.1. The second-order valence-electron chi connectivity index (χ2n) is 4.73. The lowest BCUT2D eigenvalue weighted by Gasteiger charge is -2.07. The largest absolute Gasteiger partial charge is 0.513 e. The molecule has 5 nitrogen and oxygen atoms in total. The third-order valence-corrected chi connectivity index (χ3v) is 2.56. The van der Waals surface area contributed by atoms with Gasteiger partial charge in [-0.3, -0.25) is 4.79 Å². The van der Waals surface area contributed by atoms with E-state index in [1.165, 1.54) is 13.5 Å². The molecule has 0 heterocycles. The predicted molar refractivity (Wildman–Crippen MR) is 97.3 cm³/mol. The Balaban J connectivity index is 0. The summed E-state index contributed by atoms with van der Waals surface area (Å²) in [4.78, 5) is 21.8. The van der Waals surface area contributed by atoms with Crippen molar-refractivity contribution >= 4 is 18.0 Å². The first-order chi connectivity index (χ1) is 10.9. The van der Waals surface area contributed by atoms with E-state index in [0.29, 0.717) is 17.0 Å². The molecule has 5 heteroatoms. The minimum atomic E-state index is -0.295. The molecule has 1 aromatic carbocycles. The van der Waals surface area contributed by atoms with Gasteiger partial charge in [-0.2, -0.15) is 0 Å². The number of urea groups is 1. The van der Waals surface area contributed by atoms with Crippen molar-refractivity contribution in [2.24, 2.45) is 0 Å². The van der Waals surface area contributed by atoms with Crippen molar-refractivity contribution in [1.29, 1.82) is 0 Å². The van der Waals surface area contributed by atoms with Crippen LogP contribution in [0.3, 0.4) is 0 Å². The van der Waals surface area contributed by atoms with Gasteiger partial charge >= 0.3 is 6.03 Å². The molecule has 130 valence electrons. The van der Waals surface area contributed by atoms with Gasteiger partial charge in [0.25, 0.3) is 0 Å². The molecule has 0 aromatic heterocycles. The minimum absolute atomic E-state index is 0.295. The van der Waals surface area contributed by atoms with Crippen LogP contribution in [0.2, 0.25) is 0 Å². The molecular weight excluding hydrogens is 292 g/mol. The van der Waals surface area contributed by atoms with Crippen molar-refractivity contribution in [2.75, 3.05) is 12.4 Å². The number of aliphatic hydroxyl groups excluding tert-OH is 1. The number of allylic oxidation sites excluding steroid dienone is 2. The molecule has 0 aliphatic rings. The highest BCUT2D eigenvalue weighted by atomic mass is 16.3. The molecule has 0 saturated carbocycles. The fraction of sp³-hybridized carbons (Fsp3) is 0.444. The topological polar surface area (TPSA) is 78.4 Å². The van der Waals surface area contributed by atoms with Crippen LogP contribution in [0.5, 0.6) is 0 Å². The zero-order valence-electron chi connectivity index (χ0n) is 15.1. The fourth-order valence-electron chi connectivity index (χ4n) is 1.30. The van der Waals surface area contributed by atoms with E-state index in [0.717, 1.165) is 18.3 Å². The standard InChI is InChI=1S/C11H14N2O2.C4H8O.C3H8/c1-3-8-4-5-10(6-9(8)7-14)13-11(15)12-2;1-3-4(2)5;1-3-2/h4-7H,3H2,1-2H3,(H2,12,13,15);3,5H,1-2H3;3H2,1-2H3/b;4-3+;. The van der Waals surface area contributed by atoms with Gasteiger partial charge in [0.05, 0.1) is 5.76 Å². The summed E-state index contributed by atoms with van der Waals surface area (Å²) in [6, 6.07) is 4.99. The second kappa shape index (κ2) is 14.6. The predicted octanol–water partition coefficient (Wildman–Crippen LogP) is 4.70. The number of nitrogens with one attached hydrogen (secondary N) is 2. The van der Waals surface area contributed by atoms with Crippen molar-refractivity contribution in [1.82, 2.24) is 5.32 Å². The summed E-state index contributed by atoms with van der Waals surface area (Å²) in [5.74, 6) is 0.380. The molecule has 0 bridgehead atoms. The van der Waals surface area contributed by atoms with E-state index in [9.17, 15) is 9.59 Å². The van der Waals surface area contributed by atoms with Crippen molar-refractivity contribution < 1.29 is 14.7 Å². The maximum absolute atomic E-state index is 11.0. The van der Waals surface area contributed by atoms with E-state index in [4.69, 9.17) is 5.11 Å². The van der Waals surface area contributed by atoms with E-state index in [2.05, 4.69) is 24.5 Å². The molecule has 3 N–H and O–H groups in total. The monoisotopic (exact) mass is 322 g/mol. The molecule has 1 aromatic rings. The first kappa shape index (κ1) is 23.0. The normalized spacial score (nSPS) is 9.57. The van der Waals surface area contributed by atoms with Crippen LogP contribution in [0.4, 0.5) is 10.5 Å². The highest BCUT2D eigenvalue weighted by molar-refractivity contribution is 5.90. The Labute approximate surface area is 139 Å². The van der Waals surface area contributed by atoms with Crippen LogP contribution >= 0.6 is 0 Å². The number of anilines is 1. The van der Waals surface area contributed by atoms with E-state index in [1.54, 1.807) is 32.1 Å².